The topological polar surface area (TPSA) is 66.8 Å². The standard InChI is InChI=1S/C12H23O4PSi/c1-10(2)7-18(8-11(3)4,9-12(5)6)16-17(13,14)15/h7-9H,1-6H3,(H2,13,14,15). The molecular formula is C12H23O4PSi. The lowest BCUT2D eigenvalue weighted by atomic mass is 10.4. The van der Waals surface area contributed by atoms with Crippen molar-refractivity contribution in [1.82, 2.24) is 0 Å². The third-order valence-corrected chi connectivity index (χ3v) is 7.12. The van der Waals surface area contributed by atoms with E-state index in [1.165, 1.54) is 0 Å². The van der Waals surface area contributed by atoms with Crippen molar-refractivity contribution in [3.8, 4) is 0 Å². The van der Waals surface area contributed by atoms with Gasteiger partial charge >= 0.3 is 7.82 Å². The highest BCUT2D eigenvalue weighted by Gasteiger charge is 2.35. The van der Waals surface area contributed by atoms with Gasteiger partial charge in [-0.25, -0.2) is 4.57 Å². The maximum atomic E-state index is 11.2. The molecule has 0 fully saturated rings. The van der Waals surface area contributed by atoms with Crippen molar-refractivity contribution in [1.29, 1.82) is 0 Å². The molecule has 0 aliphatic rings. The van der Waals surface area contributed by atoms with Gasteiger partial charge in [-0.05, 0) is 41.5 Å². The summed E-state index contributed by atoms with van der Waals surface area (Å²) in [5.41, 5.74) is 8.45. The van der Waals surface area contributed by atoms with Gasteiger partial charge in [0.05, 0.1) is 0 Å². The van der Waals surface area contributed by atoms with Crippen LogP contribution in [0.3, 0.4) is 0 Å². The van der Waals surface area contributed by atoms with Crippen molar-refractivity contribution in [2.24, 2.45) is 0 Å². The van der Waals surface area contributed by atoms with E-state index in [1.807, 2.05) is 58.6 Å². The van der Waals surface area contributed by atoms with Crippen LogP contribution in [0.15, 0.2) is 33.8 Å². The maximum Gasteiger partial charge on any atom is 0.460 e. The number of phosphoric acid groups is 1. The third-order valence-electron chi connectivity index (χ3n) is 1.82. The SMILES string of the molecule is CC(C)=C[Si](C=C(C)C)(C=C(C)C)OP(=O)(O)O. The van der Waals surface area contributed by atoms with Gasteiger partial charge in [-0.2, -0.15) is 0 Å². The molecule has 0 unspecified atom stereocenters. The molecule has 0 saturated carbocycles. The summed E-state index contributed by atoms with van der Waals surface area (Å²) >= 11 is 0. The van der Waals surface area contributed by atoms with Gasteiger partial charge < -0.3 is 14.0 Å². The minimum atomic E-state index is -4.53. The Kier molecular flexibility index (Phi) is 6.47. The molecule has 0 heterocycles. The molecule has 2 N–H and O–H groups in total. The molecule has 0 aromatic heterocycles. The fraction of sp³-hybridized carbons (Fsp3) is 0.500. The van der Waals surface area contributed by atoms with Crippen LogP contribution in [0.25, 0.3) is 0 Å². The van der Waals surface area contributed by atoms with Crippen LogP contribution in [-0.2, 0) is 8.78 Å². The van der Waals surface area contributed by atoms with E-state index < -0.39 is 16.1 Å². The molecule has 0 aliphatic heterocycles. The van der Waals surface area contributed by atoms with Crippen LogP contribution >= 0.6 is 7.82 Å². The molecule has 0 atom stereocenters. The minimum Gasteiger partial charge on any atom is -0.317 e. The van der Waals surface area contributed by atoms with Crippen LogP contribution in [0.4, 0.5) is 0 Å². The van der Waals surface area contributed by atoms with Gasteiger partial charge in [-0.15, -0.1) is 0 Å². The lowest BCUT2D eigenvalue weighted by molar-refractivity contribution is 0.284. The average molecular weight is 290 g/mol. The second-order valence-electron chi connectivity index (χ2n) is 5.10. The van der Waals surface area contributed by atoms with Crippen molar-refractivity contribution >= 4 is 16.1 Å². The van der Waals surface area contributed by atoms with E-state index in [2.05, 4.69) is 0 Å². The Labute approximate surface area is 110 Å². The van der Waals surface area contributed by atoms with Crippen molar-refractivity contribution < 1.29 is 18.6 Å². The van der Waals surface area contributed by atoms with Gasteiger partial charge in [0, 0.05) is 0 Å². The molecule has 0 rings (SSSR count). The van der Waals surface area contributed by atoms with Gasteiger partial charge in [0.2, 0.25) is 0 Å². The number of allylic oxidation sites excluding steroid dienone is 3. The predicted octanol–water partition coefficient (Wildman–Crippen LogP) is 3.56. The normalized spacial score (nSPS) is 11.8. The third kappa shape index (κ3) is 7.79. The molecule has 6 heteroatoms. The van der Waals surface area contributed by atoms with Crippen molar-refractivity contribution in [3.63, 3.8) is 0 Å². The average Bonchev–Trinajstić information content (AvgIpc) is 1.92. The first-order valence-electron chi connectivity index (χ1n) is 5.70. The van der Waals surface area contributed by atoms with Crippen LogP contribution in [-0.4, -0.2) is 18.1 Å². The zero-order chi connectivity index (χ0) is 14.6. The summed E-state index contributed by atoms with van der Waals surface area (Å²) in [6.07, 6.45) is 0. The van der Waals surface area contributed by atoms with Crippen LogP contribution < -0.4 is 0 Å². The fourth-order valence-corrected chi connectivity index (χ4v) is 7.00. The second-order valence-corrected chi connectivity index (χ2v) is 9.39. The Morgan fingerprint density at radius 2 is 1.17 bits per heavy atom. The Bertz CT molecular complexity index is 374. The highest BCUT2D eigenvalue weighted by Crippen LogP contribution is 2.42. The number of rotatable bonds is 5. The smallest absolute Gasteiger partial charge is 0.317 e. The van der Waals surface area contributed by atoms with Gasteiger partial charge in [-0.3, -0.25) is 0 Å². The van der Waals surface area contributed by atoms with E-state index in [4.69, 9.17) is 14.0 Å². The molecular weight excluding hydrogens is 267 g/mol. The van der Waals surface area contributed by atoms with Crippen molar-refractivity contribution in [2.45, 2.75) is 41.5 Å². The maximum absolute atomic E-state index is 11.2. The predicted molar refractivity (Wildman–Crippen MR) is 77.2 cm³/mol. The first kappa shape index (κ1) is 17.5. The first-order chi connectivity index (χ1) is 7.96. The molecule has 0 bridgehead atoms. The molecule has 0 radical (unpaired) electrons. The molecule has 4 nitrogen and oxygen atoms in total. The summed E-state index contributed by atoms with van der Waals surface area (Å²) in [4.78, 5) is 18.3. The molecule has 18 heavy (non-hydrogen) atoms. The molecule has 104 valence electrons. The lowest BCUT2D eigenvalue weighted by Gasteiger charge is -2.24. The van der Waals surface area contributed by atoms with E-state index in [-0.39, 0.29) is 0 Å². The van der Waals surface area contributed by atoms with Gasteiger partial charge in [-0.1, -0.05) is 33.8 Å². The summed E-state index contributed by atoms with van der Waals surface area (Å²) in [5, 5.41) is 0. The summed E-state index contributed by atoms with van der Waals surface area (Å²) in [7, 11) is -7.40. The van der Waals surface area contributed by atoms with E-state index in [9.17, 15) is 4.57 Å². The lowest BCUT2D eigenvalue weighted by Crippen LogP contribution is -2.32. The number of hydrogen-bond acceptors (Lipinski definition) is 2. The summed E-state index contributed by atoms with van der Waals surface area (Å²) < 4.78 is 16.3. The largest absolute Gasteiger partial charge is 0.460 e. The summed E-state index contributed by atoms with van der Waals surface area (Å²) in [6, 6.07) is 0. The Hall–Kier alpha value is -0.453. The molecule has 0 amide bonds. The van der Waals surface area contributed by atoms with E-state index in [0.717, 1.165) is 16.7 Å². The van der Waals surface area contributed by atoms with Gasteiger partial charge in [0.15, 0.2) is 0 Å². The van der Waals surface area contributed by atoms with Crippen LogP contribution in [0.2, 0.25) is 0 Å². The molecule has 0 aromatic rings. The highest BCUT2D eigenvalue weighted by molar-refractivity contribution is 7.48. The first-order valence-corrected chi connectivity index (χ1v) is 9.37. The van der Waals surface area contributed by atoms with Crippen LogP contribution in [0.1, 0.15) is 41.5 Å². The fourth-order valence-electron chi connectivity index (χ4n) is 1.76. The molecule has 0 spiro atoms. The van der Waals surface area contributed by atoms with E-state index in [1.54, 1.807) is 0 Å². The van der Waals surface area contributed by atoms with E-state index >= 15 is 0 Å². The second kappa shape index (κ2) is 6.64. The van der Waals surface area contributed by atoms with Crippen molar-refractivity contribution in [2.75, 3.05) is 0 Å². The molecule has 0 aromatic carbocycles. The van der Waals surface area contributed by atoms with Gasteiger partial charge in [0.1, 0.15) is 0 Å². The zero-order valence-electron chi connectivity index (χ0n) is 11.9. The highest BCUT2D eigenvalue weighted by atomic mass is 31.2. The van der Waals surface area contributed by atoms with Crippen LogP contribution in [0, 0.1) is 0 Å². The minimum absolute atomic E-state index is 0.977. The Morgan fingerprint density at radius 3 is 1.33 bits per heavy atom. The summed E-state index contributed by atoms with van der Waals surface area (Å²) in [5.74, 6) is 0. The van der Waals surface area contributed by atoms with Crippen LogP contribution in [0.5, 0.6) is 0 Å². The molecule has 0 saturated heterocycles. The van der Waals surface area contributed by atoms with Gasteiger partial charge in [0.25, 0.3) is 8.32 Å². The molecule has 0 aliphatic carbocycles. The quantitative estimate of drug-likeness (QED) is 0.600. The van der Waals surface area contributed by atoms with Crippen molar-refractivity contribution in [3.05, 3.63) is 33.8 Å². The summed E-state index contributed by atoms with van der Waals surface area (Å²) in [6.45, 7) is 11.3. The van der Waals surface area contributed by atoms with E-state index in [0.29, 0.717) is 0 Å². The number of hydrogen-bond donors (Lipinski definition) is 2. The Morgan fingerprint density at radius 1 is 0.889 bits per heavy atom. The monoisotopic (exact) mass is 290 g/mol. The zero-order valence-corrected chi connectivity index (χ0v) is 13.8. The Balaban J connectivity index is 5.87.